The lowest BCUT2D eigenvalue weighted by molar-refractivity contribution is 0.182. The third kappa shape index (κ3) is 3.70. The SMILES string of the molecule is N#Cc1ccc(C(O)CN=C2C=CC(F)CC2)nc1. The Morgan fingerprint density at radius 1 is 1.58 bits per heavy atom. The molecule has 98 valence electrons. The molecule has 2 rings (SSSR count). The van der Waals surface area contributed by atoms with Gasteiger partial charge in [-0.15, -0.1) is 0 Å². The number of allylic oxidation sites excluding steroid dienone is 2. The first kappa shape index (κ1) is 13.4. The summed E-state index contributed by atoms with van der Waals surface area (Å²) in [6, 6.07) is 5.18. The van der Waals surface area contributed by atoms with Gasteiger partial charge in [0.1, 0.15) is 18.3 Å². The Labute approximate surface area is 110 Å². The zero-order valence-electron chi connectivity index (χ0n) is 10.3. The highest BCUT2D eigenvalue weighted by atomic mass is 19.1. The summed E-state index contributed by atoms with van der Waals surface area (Å²) in [5.41, 5.74) is 1.72. The Morgan fingerprint density at radius 2 is 2.42 bits per heavy atom. The van der Waals surface area contributed by atoms with Crippen LogP contribution in [0.1, 0.15) is 30.2 Å². The van der Waals surface area contributed by atoms with Gasteiger partial charge in [0.15, 0.2) is 0 Å². The fourth-order valence-corrected chi connectivity index (χ4v) is 1.78. The number of rotatable bonds is 3. The minimum absolute atomic E-state index is 0.190. The van der Waals surface area contributed by atoms with Gasteiger partial charge in [0, 0.05) is 11.9 Å². The average Bonchev–Trinajstić information content (AvgIpc) is 2.46. The van der Waals surface area contributed by atoms with E-state index in [2.05, 4.69) is 9.98 Å². The number of halogens is 1. The normalized spacial score (nSPS) is 22.2. The van der Waals surface area contributed by atoms with Gasteiger partial charge in [-0.3, -0.25) is 9.98 Å². The molecule has 4 nitrogen and oxygen atoms in total. The monoisotopic (exact) mass is 259 g/mol. The van der Waals surface area contributed by atoms with Crippen molar-refractivity contribution in [1.82, 2.24) is 4.98 Å². The molecule has 0 fully saturated rings. The summed E-state index contributed by atoms with van der Waals surface area (Å²) in [7, 11) is 0. The van der Waals surface area contributed by atoms with E-state index in [1.165, 1.54) is 12.3 Å². The molecule has 1 aliphatic rings. The average molecular weight is 259 g/mol. The molecule has 0 aliphatic heterocycles. The van der Waals surface area contributed by atoms with Crippen LogP contribution in [0, 0.1) is 11.3 Å². The van der Waals surface area contributed by atoms with E-state index in [4.69, 9.17) is 5.26 Å². The Hall–Kier alpha value is -2.06. The number of nitriles is 1. The maximum atomic E-state index is 12.9. The molecular weight excluding hydrogens is 245 g/mol. The maximum absolute atomic E-state index is 12.9. The lowest BCUT2D eigenvalue weighted by atomic mass is 10.0. The Balaban J connectivity index is 1.97. The van der Waals surface area contributed by atoms with Crippen molar-refractivity contribution < 1.29 is 9.50 Å². The van der Waals surface area contributed by atoms with Gasteiger partial charge in [-0.2, -0.15) is 5.26 Å². The van der Waals surface area contributed by atoms with Crippen molar-refractivity contribution in [3.05, 3.63) is 41.7 Å². The summed E-state index contributed by atoms with van der Waals surface area (Å²) in [5.74, 6) is 0. The number of aliphatic hydroxyl groups excluding tert-OH is 1. The molecule has 0 saturated heterocycles. The molecular formula is C14H14FN3O. The largest absolute Gasteiger partial charge is 0.385 e. The van der Waals surface area contributed by atoms with Crippen LogP contribution in [0.3, 0.4) is 0 Å². The molecule has 1 N–H and O–H groups in total. The number of nitrogens with zero attached hydrogens (tertiary/aromatic N) is 3. The zero-order chi connectivity index (χ0) is 13.7. The second kappa shape index (κ2) is 6.21. The minimum atomic E-state index is -0.885. The molecule has 0 spiro atoms. The molecule has 1 aliphatic carbocycles. The van der Waals surface area contributed by atoms with Gasteiger partial charge in [-0.05, 0) is 37.1 Å². The van der Waals surface area contributed by atoms with Crippen LogP contribution in [0.25, 0.3) is 0 Å². The van der Waals surface area contributed by atoms with Crippen molar-refractivity contribution in [3.8, 4) is 6.07 Å². The zero-order valence-corrected chi connectivity index (χ0v) is 10.3. The molecule has 1 aromatic heterocycles. The lowest BCUT2D eigenvalue weighted by Gasteiger charge is -2.12. The Bertz CT molecular complexity index is 531. The molecule has 0 amide bonds. The van der Waals surface area contributed by atoms with Gasteiger partial charge < -0.3 is 5.11 Å². The van der Waals surface area contributed by atoms with E-state index in [0.717, 1.165) is 5.71 Å². The molecule has 0 saturated carbocycles. The van der Waals surface area contributed by atoms with E-state index >= 15 is 0 Å². The maximum Gasteiger partial charge on any atom is 0.119 e. The number of aliphatic hydroxyl groups is 1. The summed E-state index contributed by atoms with van der Waals surface area (Å²) in [6.45, 7) is 0.190. The summed E-state index contributed by atoms with van der Waals surface area (Å²) < 4.78 is 12.9. The summed E-state index contributed by atoms with van der Waals surface area (Å²) in [4.78, 5) is 8.25. The van der Waals surface area contributed by atoms with Crippen LogP contribution >= 0.6 is 0 Å². The highest BCUT2D eigenvalue weighted by molar-refractivity contribution is 5.95. The van der Waals surface area contributed by atoms with Gasteiger partial charge in [-0.1, -0.05) is 0 Å². The topological polar surface area (TPSA) is 69.3 Å². The van der Waals surface area contributed by atoms with E-state index in [1.54, 1.807) is 18.2 Å². The summed E-state index contributed by atoms with van der Waals surface area (Å²) in [5, 5.41) is 18.6. The molecule has 0 aromatic carbocycles. The van der Waals surface area contributed by atoms with E-state index in [9.17, 15) is 9.50 Å². The van der Waals surface area contributed by atoms with Crippen LogP contribution in [0.5, 0.6) is 0 Å². The predicted molar refractivity (Wildman–Crippen MR) is 69.5 cm³/mol. The molecule has 0 radical (unpaired) electrons. The van der Waals surface area contributed by atoms with E-state index in [-0.39, 0.29) is 6.54 Å². The first-order valence-corrected chi connectivity index (χ1v) is 6.09. The van der Waals surface area contributed by atoms with Gasteiger partial charge in [0.2, 0.25) is 0 Å². The fourth-order valence-electron chi connectivity index (χ4n) is 1.78. The van der Waals surface area contributed by atoms with Crippen molar-refractivity contribution in [2.75, 3.05) is 6.54 Å². The van der Waals surface area contributed by atoms with E-state index in [1.807, 2.05) is 6.07 Å². The number of hydrogen-bond donors (Lipinski definition) is 1. The highest BCUT2D eigenvalue weighted by Gasteiger charge is 2.12. The van der Waals surface area contributed by atoms with E-state index in [0.29, 0.717) is 24.1 Å². The number of pyridine rings is 1. The second-order valence-corrected chi connectivity index (χ2v) is 4.35. The Morgan fingerprint density at radius 3 is 3.00 bits per heavy atom. The minimum Gasteiger partial charge on any atom is -0.385 e. The number of alkyl halides is 1. The van der Waals surface area contributed by atoms with Crippen LogP contribution in [0.2, 0.25) is 0 Å². The van der Waals surface area contributed by atoms with Crippen molar-refractivity contribution in [2.45, 2.75) is 25.1 Å². The molecule has 0 bridgehead atoms. The van der Waals surface area contributed by atoms with E-state index < -0.39 is 12.3 Å². The molecule has 1 heterocycles. The van der Waals surface area contributed by atoms with Crippen molar-refractivity contribution in [3.63, 3.8) is 0 Å². The Kier molecular flexibility index (Phi) is 4.37. The van der Waals surface area contributed by atoms with Crippen LogP contribution in [-0.4, -0.2) is 28.5 Å². The summed E-state index contributed by atoms with van der Waals surface area (Å²) >= 11 is 0. The first-order valence-electron chi connectivity index (χ1n) is 6.09. The van der Waals surface area contributed by atoms with Crippen molar-refractivity contribution in [1.29, 1.82) is 5.26 Å². The second-order valence-electron chi connectivity index (χ2n) is 4.35. The molecule has 2 atom stereocenters. The van der Waals surface area contributed by atoms with Gasteiger partial charge in [0.05, 0.1) is 17.8 Å². The third-order valence-electron chi connectivity index (χ3n) is 2.90. The van der Waals surface area contributed by atoms with Crippen LogP contribution in [0.4, 0.5) is 4.39 Å². The highest BCUT2D eigenvalue weighted by Crippen LogP contribution is 2.14. The molecule has 2 unspecified atom stereocenters. The number of hydrogen-bond acceptors (Lipinski definition) is 4. The number of aromatic nitrogens is 1. The predicted octanol–water partition coefficient (Wildman–Crippen LogP) is 2.12. The van der Waals surface area contributed by atoms with Crippen LogP contribution < -0.4 is 0 Å². The van der Waals surface area contributed by atoms with Gasteiger partial charge in [0.25, 0.3) is 0 Å². The third-order valence-corrected chi connectivity index (χ3v) is 2.90. The lowest BCUT2D eigenvalue weighted by Crippen LogP contribution is -2.11. The van der Waals surface area contributed by atoms with Gasteiger partial charge >= 0.3 is 0 Å². The molecule has 1 aromatic rings. The standard InChI is InChI=1S/C14H14FN3O/c15-11-2-4-12(5-3-11)17-9-14(19)13-6-1-10(7-16)8-18-13/h1-2,4,6,8,11,14,19H,3,5,9H2. The quantitative estimate of drug-likeness (QED) is 0.903. The smallest absolute Gasteiger partial charge is 0.119 e. The van der Waals surface area contributed by atoms with Crippen molar-refractivity contribution >= 4 is 5.71 Å². The first-order chi connectivity index (χ1) is 9.19. The molecule has 19 heavy (non-hydrogen) atoms. The van der Waals surface area contributed by atoms with Crippen LogP contribution in [0.15, 0.2) is 35.5 Å². The van der Waals surface area contributed by atoms with Gasteiger partial charge in [-0.25, -0.2) is 4.39 Å². The molecule has 5 heteroatoms. The fraction of sp³-hybridized carbons (Fsp3) is 0.357. The van der Waals surface area contributed by atoms with Crippen molar-refractivity contribution in [2.24, 2.45) is 4.99 Å². The summed E-state index contributed by atoms with van der Waals surface area (Å²) in [6.07, 6.45) is 3.90. The number of aliphatic imine (C=N–C) groups is 1. The van der Waals surface area contributed by atoms with Crippen LogP contribution in [-0.2, 0) is 0 Å².